The number of carbonyl (C=O) groups excluding carboxylic acids is 2. The lowest BCUT2D eigenvalue weighted by atomic mass is 10.0. The van der Waals surface area contributed by atoms with Crippen LogP contribution in [0.2, 0.25) is 0 Å². The van der Waals surface area contributed by atoms with Crippen molar-refractivity contribution in [3.05, 3.63) is 101 Å². The molecule has 3 rings (SSSR count). The first-order chi connectivity index (χ1) is 14.0. The van der Waals surface area contributed by atoms with Gasteiger partial charge in [0.25, 0.3) is 11.8 Å². The third kappa shape index (κ3) is 5.08. The molecule has 0 aliphatic heterocycles. The number of hydrogen-bond acceptors (Lipinski definition) is 2. The van der Waals surface area contributed by atoms with Crippen molar-refractivity contribution in [3.63, 3.8) is 0 Å². The summed E-state index contributed by atoms with van der Waals surface area (Å²) in [4.78, 5) is 24.9. The molecule has 0 spiro atoms. The van der Waals surface area contributed by atoms with Gasteiger partial charge in [0.1, 0.15) is 5.82 Å². The van der Waals surface area contributed by atoms with Gasteiger partial charge in [0, 0.05) is 28.9 Å². The molecule has 4 nitrogen and oxygen atoms in total. The first-order valence-electron chi connectivity index (χ1n) is 9.47. The highest BCUT2D eigenvalue weighted by Gasteiger charge is 2.12. The molecule has 0 aliphatic carbocycles. The number of amides is 2. The van der Waals surface area contributed by atoms with E-state index in [1.165, 1.54) is 6.07 Å². The molecule has 2 amide bonds. The fourth-order valence-electron chi connectivity index (χ4n) is 3.00. The largest absolute Gasteiger partial charge is 0.348 e. The monoisotopic (exact) mass is 390 g/mol. The average molecular weight is 390 g/mol. The predicted octanol–water partition coefficient (Wildman–Crippen LogP) is 5.13. The van der Waals surface area contributed by atoms with E-state index in [2.05, 4.69) is 24.5 Å². The van der Waals surface area contributed by atoms with Gasteiger partial charge in [0.2, 0.25) is 0 Å². The van der Waals surface area contributed by atoms with Crippen LogP contribution in [-0.4, -0.2) is 11.8 Å². The van der Waals surface area contributed by atoms with E-state index in [0.717, 1.165) is 11.3 Å². The van der Waals surface area contributed by atoms with Crippen molar-refractivity contribution in [1.82, 2.24) is 5.32 Å². The molecule has 0 atom stereocenters. The first kappa shape index (κ1) is 20.3. The van der Waals surface area contributed by atoms with Crippen LogP contribution in [0.15, 0.2) is 72.8 Å². The van der Waals surface area contributed by atoms with Gasteiger partial charge >= 0.3 is 0 Å². The van der Waals surface area contributed by atoms with E-state index >= 15 is 0 Å². The van der Waals surface area contributed by atoms with Crippen molar-refractivity contribution in [2.45, 2.75) is 26.3 Å². The Balaban J connectivity index is 1.64. The molecule has 29 heavy (non-hydrogen) atoms. The van der Waals surface area contributed by atoms with Crippen LogP contribution in [0.25, 0.3) is 0 Å². The van der Waals surface area contributed by atoms with Gasteiger partial charge in [-0.3, -0.25) is 9.59 Å². The normalized spacial score (nSPS) is 10.6. The Morgan fingerprint density at radius 1 is 0.828 bits per heavy atom. The van der Waals surface area contributed by atoms with Crippen molar-refractivity contribution in [2.75, 3.05) is 5.32 Å². The number of benzene rings is 3. The summed E-state index contributed by atoms with van der Waals surface area (Å²) in [6.45, 7) is 4.24. The summed E-state index contributed by atoms with van der Waals surface area (Å²) in [6, 6.07) is 20.4. The standard InChI is InChI=1S/C24H23FN2O2/c1-16(2)20-8-4-6-10-22(20)27-24(29)18-13-11-17(12-14-18)23(28)26-15-19-7-3-5-9-21(19)25/h3-14,16H,15H2,1-2H3,(H,26,28)(H,27,29). The maximum Gasteiger partial charge on any atom is 0.255 e. The number of hydrogen-bond donors (Lipinski definition) is 2. The Morgan fingerprint density at radius 3 is 2.07 bits per heavy atom. The number of anilines is 1. The molecule has 0 heterocycles. The maximum atomic E-state index is 13.6. The van der Waals surface area contributed by atoms with Crippen molar-refractivity contribution < 1.29 is 14.0 Å². The van der Waals surface area contributed by atoms with E-state index in [-0.39, 0.29) is 30.1 Å². The molecule has 0 fully saturated rings. The fourth-order valence-corrected chi connectivity index (χ4v) is 3.00. The van der Waals surface area contributed by atoms with E-state index in [0.29, 0.717) is 16.7 Å². The van der Waals surface area contributed by atoms with E-state index in [1.54, 1.807) is 42.5 Å². The van der Waals surface area contributed by atoms with Crippen LogP contribution in [0.3, 0.4) is 0 Å². The van der Waals surface area contributed by atoms with Crippen LogP contribution in [0.1, 0.15) is 51.6 Å². The molecule has 0 saturated heterocycles. The second-order valence-electron chi connectivity index (χ2n) is 7.05. The SMILES string of the molecule is CC(C)c1ccccc1NC(=O)c1ccc(C(=O)NCc2ccccc2F)cc1. The zero-order chi connectivity index (χ0) is 20.8. The van der Waals surface area contributed by atoms with E-state index in [1.807, 2.05) is 24.3 Å². The third-order valence-corrected chi connectivity index (χ3v) is 4.64. The molecule has 0 radical (unpaired) electrons. The Hall–Kier alpha value is -3.47. The molecule has 3 aromatic carbocycles. The topological polar surface area (TPSA) is 58.2 Å². The summed E-state index contributed by atoms with van der Waals surface area (Å²) in [6.07, 6.45) is 0. The van der Waals surface area contributed by atoms with Crippen LogP contribution in [-0.2, 0) is 6.54 Å². The van der Waals surface area contributed by atoms with Crippen molar-refractivity contribution in [1.29, 1.82) is 0 Å². The molecular formula is C24H23FN2O2. The summed E-state index contributed by atoms with van der Waals surface area (Å²) in [5.41, 5.74) is 3.11. The summed E-state index contributed by atoms with van der Waals surface area (Å²) < 4.78 is 13.6. The predicted molar refractivity (Wildman–Crippen MR) is 112 cm³/mol. The van der Waals surface area contributed by atoms with Crippen LogP contribution in [0.4, 0.5) is 10.1 Å². The van der Waals surface area contributed by atoms with Crippen molar-refractivity contribution in [3.8, 4) is 0 Å². The molecule has 0 aliphatic rings. The Bertz CT molecular complexity index is 1010. The number of halogens is 1. The molecule has 0 bridgehead atoms. The van der Waals surface area contributed by atoms with Gasteiger partial charge in [-0.05, 0) is 47.9 Å². The molecular weight excluding hydrogens is 367 g/mol. The lowest BCUT2D eigenvalue weighted by molar-refractivity contribution is 0.0948. The fraction of sp³-hybridized carbons (Fsp3) is 0.167. The third-order valence-electron chi connectivity index (χ3n) is 4.64. The molecule has 3 aromatic rings. The van der Waals surface area contributed by atoms with Gasteiger partial charge in [-0.25, -0.2) is 4.39 Å². The zero-order valence-corrected chi connectivity index (χ0v) is 16.4. The first-order valence-corrected chi connectivity index (χ1v) is 9.47. The summed E-state index contributed by atoms with van der Waals surface area (Å²) in [5, 5.41) is 5.61. The maximum absolute atomic E-state index is 13.6. The van der Waals surface area contributed by atoms with Crippen LogP contribution in [0, 0.1) is 5.82 Å². The summed E-state index contributed by atoms with van der Waals surface area (Å²) in [7, 11) is 0. The van der Waals surface area contributed by atoms with Gasteiger partial charge in [-0.15, -0.1) is 0 Å². The van der Waals surface area contributed by atoms with Gasteiger partial charge in [0.05, 0.1) is 0 Å². The lowest BCUT2D eigenvalue weighted by Gasteiger charge is -2.13. The molecule has 148 valence electrons. The van der Waals surface area contributed by atoms with Crippen molar-refractivity contribution >= 4 is 17.5 Å². The van der Waals surface area contributed by atoms with Crippen LogP contribution < -0.4 is 10.6 Å². The molecule has 5 heteroatoms. The summed E-state index contributed by atoms with van der Waals surface area (Å²) in [5.74, 6) is -0.643. The highest BCUT2D eigenvalue weighted by Crippen LogP contribution is 2.24. The number of carbonyl (C=O) groups is 2. The molecule has 0 saturated carbocycles. The van der Waals surface area contributed by atoms with E-state index < -0.39 is 0 Å². The smallest absolute Gasteiger partial charge is 0.255 e. The second-order valence-corrected chi connectivity index (χ2v) is 7.05. The van der Waals surface area contributed by atoms with Crippen LogP contribution in [0.5, 0.6) is 0 Å². The number of para-hydroxylation sites is 1. The van der Waals surface area contributed by atoms with E-state index in [9.17, 15) is 14.0 Å². The van der Waals surface area contributed by atoms with E-state index in [4.69, 9.17) is 0 Å². The minimum Gasteiger partial charge on any atom is -0.348 e. The molecule has 2 N–H and O–H groups in total. The lowest BCUT2D eigenvalue weighted by Crippen LogP contribution is -2.23. The van der Waals surface area contributed by atoms with Crippen molar-refractivity contribution in [2.24, 2.45) is 0 Å². The Morgan fingerprint density at radius 2 is 1.41 bits per heavy atom. The quantitative estimate of drug-likeness (QED) is 0.613. The Kier molecular flexibility index (Phi) is 6.39. The Labute approximate surface area is 169 Å². The second kappa shape index (κ2) is 9.15. The van der Waals surface area contributed by atoms with Gasteiger partial charge < -0.3 is 10.6 Å². The summed E-state index contributed by atoms with van der Waals surface area (Å²) >= 11 is 0. The molecule has 0 aromatic heterocycles. The number of rotatable bonds is 6. The minimum absolute atomic E-state index is 0.0970. The zero-order valence-electron chi connectivity index (χ0n) is 16.4. The van der Waals surface area contributed by atoms with Gasteiger partial charge in [-0.2, -0.15) is 0 Å². The molecule has 0 unspecified atom stereocenters. The minimum atomic E-state index is -0.360. The highest BCUT2D eigenvalue weighted by atomic mass is 19.1. The van der Waals surface area contributed by atoms with Gasteiger partial charge in [-0.1, -0.05) is 50.2 Å². The number of nitrogens with one attached hydrogen (secondary N) is 2. The average Bonchev–Trinajstić information content (AvgIpc) is 2.73. The van der Waals surface area contributed by atoms with Crippen LogP contribution >= 0.6 is 0 Å². The highest BCUT2D eigenvalue weighted by molar-refractivity contribution is 6.05. The van der Waals surface area contributed by atoms with Gasteiger partial charge in [0.15, 0.2) is 0 Å².